The summed E-state index contributed by atoms with van der Waals surface area (Å²) in [6, 6.07) is 7.45. The van der Waals surface area contributed by atoms with Gasteiger partial charge < -0.3 is 29.5 Å². The maximum atomic E-state index is 14.8. The molecule has 2 atom stereocenters. The normalized spacial score (nSPS) is 19.8. The van der Waals surface area contributed by atoms with Crippen LogP contribution in [0.3, 0.4) is 0 Å². The van der Waals surface area contributed by atoms with Gasteiger partial charge in [-0.25, -0.2) is 0 Å². The van der Waals surface area contributed by atoms with Gasteiger partial charge in [-0.2, -0.15) is 26.3 Å². The molecular formula is C34H37F6N5O5S. The third-order valence-electron chi connectivity index (χ3n) is 8.97. The fraction of sp³-hybridized carbons (Fsp3) is 0.471. The minimum atomic E-state index is -4.87. The Balaban J connectivity index is 1.48. The second-order valence-corrected chi connectivity index (χ2v) is 13.1. The number of piperazine rings is 1. The number of likely N-dealkylation sites (tertiary alicyclic amines) is 1. The number of alkyl halides is 6. The average molecular weight is 742 g/mol. The van der Waals surface area contributed by atoms with E-state index in [9.17, 15) is 40.7 Å². The van der Waals surface area contributed by atoms with Crippen molar-refractivity contribution in [2.24, 2.45) is 0 Å². The van der Waals surface area contributed by atoms with E-state index in [0.29, 0.717) is 48.4 Å². The Morgan fingerprint density at radius 3 is 2.39 bits per heavy atom. The Hall–Kier alpha value is -4.54. The molecule has 2 aromatic heterocycles. The second-order valence-electron chi connectivity index (χ2n) is 12.2. The van der Waals surface area contributed by atoms with Crippen molar-refractivity contribution in [2.45, 2.75) is 56.6 Å². The highest BCUT2D eigenvalue weighted by molar-refractivity contribution is 7.10. The fourth-order valence-corrected chi connectivity index (χ4v) is 7.25. The molecule has 0 unspecified atom stereocenters. The number of carbonyl (C=O) groups excluding carboxylic acids is 3. The minimum absolute atomic E-state index is 0.00697. The van der Waals surface area contributed by atoms with Crippen LogP contribution in [0.5, 0.6) is 11.5 Å². The van der Waals surface area contributed by atoms with Gasteiger partial charge in [-0.05, 0) is 31.0 Å². The summed E-state index contributed by atoms with van der Waals surface area (Å²) in [5.74, 6) is -1.68. The van der Waals surface area contributed by atoms with Gasteiger partial charge in [-0.3, -0.25) is 19.4 Å². The average Bonchev–Trinajstić information content (AvgIpc) is 3.60. The molecule has 1 aromatic carbocycles. The third-order valence-corrected chi connectivity index (χ3v) is 9.92. The van der Waals surface area contributed by atoms with Crippen LogP contribution in [-0.4, -0.2) is 90.5 Å². The molecule has 3 amide bonds. The van der Waals surface area contributed by atoms with Crippen LogP contribution in [0.2, 0.25) is 0 Å². The summed E-state index contributed by atoms with van der Waals surface area (Å²) >= 11 is 0.388. The van der Waals surface area contributed by atoms with E-state index in [1.807, 2.05) is 11.0 Å². The maximum Gasteiger partial charge on any atom is 0.425 e. The van der Waals surface area contributed by atoms with Crippen LogP contribution < -0.4 is 19.7 Å². The van der Waals surface area contributed by atoms with Crippen LogP contribution in [0.25, 0.3) is 0 Å². The van der Waals surface area contributed by atoms with Gasteiger partial charge in [-0.1, -0.05) is 25.5 Å². The Kier molecular flexibility index (Phi) is 11.4. The van der Waals surface area contributed by atoms with Crippen molar-refractivity contribution in [3.63, 3.8) is 0 Å². The van der Waals surface area contributed by atoms with Gasteiger partial charge in [0.15, 0.2) is 6.61 Å². The fourth-order valence-electron chi connectivity index (χ4n) is 6.58. The van der Waals surface area contributed by atoms with E-state index in [2.05, 4.69) is 10.3 Å². The number of ether oxygens (including phenoxy) is 2. The molecule has 1 N–H and O–H groups in total. The Labute approximate surface area is 294 Å². The van der Waals surface area contributed by atoms with Gasteiger partial charge in [0, 0.05) is 70.0 Å². The zero-order valence-electron chi connectivity index (χ0n) is 27.9. The quantitative estimate of drug-likeness (QED) is 0.259. The van der Waals surface area contributed by atoms with Gasteiger partial charge >= 0.3 is 12.4 Å². The number of benzene rings is 1. The zero-order chi connectivity index (χ0) is 37.0. The summed E-state index contributed by atoms with van der Waals surface area (Å²) < 4.78 is 94.9. The van der Waals surface area contributed by atoms with E-state index < -0.39 is 51.8 Å². The lowest BCUT2D eigenvalue weighted by Crippen LogP contribution is -2.69. The number of para-hydroxylation sites is 2. The van der Waals surface area contributed by atoms with Crippen molar-refractivity contribution < 1.29 is 50.2 Å². The molecule has 3 aromatic rings. The highest BCUT2D eigenvalue weighted by Gasteiger charge is 2.56. The molecule has 0 radical (unpaired) electrons. The van der Waals surface area contributed by atoms with Crippen LogP contribution in [0, 0.1) is 0 Å². The van der Waals surface area contributed by atoms with E-state index in [0.717, 1.165) is 23.8 Å². The van der Waals surface area contributed by atoms with Crippen molar-refractivity contribution >= 4 is 34.7 Å². The van der Waals surface area contributed by atoms with E-state index in [1.54, 1.807) is 25.1 Å². The SMILES string of the molecule is CCC[C@H]1N(C(=O)c2cnccc2C(F)(F)F)CCC[C@@]1(Oc1csc(C(F)(F)F)c1)C(=O)N1CCN(c2ccccc2OCC(=O)NC)CC1. The summed E-state index contributed by atoms with van der Waals surface area (Å²) in [7, 11) is 1.49. The van der Waals surface area contributed by atoms with Crippen LogP contribution in [0.15, 0.2) is 54.2 Å². The third kappa shape index (κ3) is 8.18. The number of pyridine rings is 1. The standard InChI is InChI=1S/C34H37F6N5O5S/c1-3-7-27-32(50-22-18-28(51-21-22)34(38,39)40,11-6-13-45(27)30(47)23-19-42-12-10-24(23)33(35,36)37)31(48)44-16-14-43(15-17-44)25-8-4-5-9-26(25)49-20-29(46)41-2/h4-5,8-10,12,18-19,21,27H,3,6-7,11,13-17,20H2,1-2H3,(H,41,46)/t27-,32+/m1/s1. The number of halogens is 6. The van der Waals surface area contributed by atoms with Crippen LogP contribution in [-0.2, 0) is 21.9 Å². The molecule has 5 rings (SSSR count). The van der Waals surface area contributed by atoms with E-state index >= 15 is 0 Å². The van der Waals surface area contributed by atoms with Crippen molar-refractivity contribution in [3.8, 4) is 11.5 Å². The number of hydrogen-bond donors (Lipinski definition) is 1. The van der Waals surface area contributed by atoms with Gasteiger partial charge in [0.25, 0.3) is 17.7 Å². The summed E-state index contributed by atoms with van der Waals surface area (Å²) in [6.07, 6.45) is -7.15. The van der Waals surface area contributed by atoms with Crippen molar-refractivity contribution in [1.82, 2.24) is 20.1 Å². The number of hydrogen-bond acceptors (Lipinski definition) is 8. The predicted molar refractivity (Wildman–Crippen MR) is 176 cm³/mol. The lowest BCUT2D eigenvalue weighted by atomic mass is 9.79. The Morgan fingerprint density at radius 2 is 1.75 bits per heavy atom. The first kappa shape index (κ1) is 37.7. The number of likely N-dealkylation sites (N-methyl/N-ethyl adjacent to an activating group) is 1. The number of aromatic nitrogens is 1. The molecule has 10 nitrogen and oxygen atoms in total. The van der Waals surface area contributed by atoms with Crippen LogP contribution in [0.4, 0.5) is 32.0 Å². The second kappa shape index (κ2) is 15.4. The Bertz CT molecular complexity index is 1710. The molecule has 0 aliphatic carbocycles. The van der Waals surface area contributed by atoms with Crippen molar-refractivity contribution in [1.29, 1.82) is 0 Å². The number of carbonyl (C=O) groups is 3. The zero-order valence-corrected chi connectivity index (χ0v) is 28.7. The van der Waals surface area contributed by atoms with Crippen LogP contribution >= 0.6 is 11.3 Å². The number of anilines is 1. The molecule has 0 saturated carbocycles. The molecule has 51 heavy (non-hydrogen) atoms. The molecule has 2 aliphatic heterocycles. The lowest BCUT2D eigenvalue weighted by Gasteiger charge is -2.50. The number of thiophene rings is 1. The molecule has 2 saturated heterocycles. The number of rotatable bonds is 10. The molecule has 276 valence electrons. The van der Waals surface area contributed by atoms with Gasteiger partial charge in [0.05, 0.1) is 22.9 Å². The molecule has 17 heteroatoms. The van der Waals surface area contributed by atoms with Gasteiger partial charge in [-0.15, -0.1) is 11.3 Å². The van der Waals surface area contributed by atoms with Gasteiger partial charge in [0.1, 0.15) is 16.4 Å². The van der Waals surface area contributed by atoms with Crippen molar-refractivity contribution in [2.75, 3.05) is 51.3 Å². The number of piperidine rings is 1. The first-order valence-electron chi connectivity index (χ1n) is 16.3. The molecule has 0 bridgehead atoms. The van der Waals surface area contributed by atoms with Crippen LogP contribution in [0.1, 0.15) is 53.4 Å². The molecule has 2 aliphatic rings. The largest absolute Gasteiger partial charge is 0.482 e. The first-order valence-corrected chi connectivity index (χ1v) is 17.2. The van der Waals surface area contributed by atoms with E-state index in [4.69, 9.17) is 9.47 Å². The maximum absolute atomic E-state index is 14.8. The summed E-state index contributed by atoms with van der Waals surface area (Å²) in [5, 5.41) is 3.63. The summed E-state index contributed by atoms with van der Waals surface area (Å²) in [6.45, 7) is 2.48. The monoisotopic (exact) mass is 741 g/mol. The topological polar surface area (TPSA) is 104 Å². The Morgan fingerprint density at radius 1 is 1.02 bits per heavy atom. The van der Waals surface area contributed by atoms with E-state index in [-0.39, 0.29) is 57.2 Å². The predicted octanol–water partition coefficient (Wildman–Crippen LogP) is 5.88. The molecule has 2 fully saturated rings. The van der Waals surface area contributed by atoms with Crippen molar-refractivity contribution in [3.05, 3.63) is 70.2 Å². The number of nitrogens with one attached hydrogen (secondary N) is 1. The summed E-state index contributed by atoms with van der Waals surface area (Å²) in [4.78, 5) is 48.0. The summed E-state index contributed by atoms with van der Waals surface area (Å²) in [5.41, 5.74) is -3.11. The molecule has 0 spiro atoms. The molecule has 4 heterocycles. The van der Waals surface area contributed by atoms with E-state index in [1.165, 1.54) is 16.8 Å². The lowest BCUT2D eigenvalue weighted by molar-refractivity contribution is -0.159. The first-order chi connectivity index (χ1) is 24.2. The minimum Gasteiger partial charge on any atom is -0.482 e. The smallest absolute Gasteiger partial charge is 0.425 e. The highest BCUT2D eigenvalue weighted by atomic mass is 32.1. The number of amides is 3. The highest BCUT2D eigenvalue weighted by Crippen LogP contribution is 2.43. The molecular weight excluding hydrogens is 704 g/mol. The number of nitrogens with zero attached hydrogens (tertiary/aromatic N) is 4. The van der Waals surface area contributed by atoms with Gasteiger partial charge in [0.2, 0.25) is 5.60 Å².